The second kappa shape index (κ2) is 7.89. The van der Waals surface area contributed by atoms with E-state index in [1.165, 1.54) is 12.1 Å². The maximum absolute atomic E-state index is 13.4. The number of rotatable bonds is 7. The summed E-state index contributed by atoms with van der Waals surface area (Å²) in [5.74, 6) is -0.185. The lowest BCUT2D eigenvalue weighted by atomic mass is 9.94. The minimum atomic E-state index is -0.512. The van der Waals surface area contributed by atoms with Crippen molar-refractivity contribution in [2.45, 2.75) is 26.7 Å². The van der Waals surface area contributed by atoms with E-state index >= 15 is 0 Å². The third-order valence-electron chi connectivity index (χ3n) is 3.01. The number of carbonyl (C=O) groups is 1. The highest BCUT2D eigenvalue weighted by Gasteiger charge is 2.14. The van der Waals surface area contributed by atoms with Crippen molar-refractivity contribution in [2.75, 3.05) is 13.2 Å². The van der Waals surface area contributed by atoms with Gasteiger partial charge in [0.25, 0.3) is 5.91 Å². The van der Waals surface area contributed by atoms with Crippen molar-refractivity contribution in [3.05, 3.63) is 35.6 Å². The molecule has 0 saturated heterocycles. The molecule has 106 valence electrons. The van der Waals surface area contributed by atoms with Crippen molar-refractivity contribution < 1.29 is 14.3 Å². The Kier molecular flexibility index (Phi) is 6.50. The van der Waals surface area contributed by atoms with Gasteiger partial charge in [-0.15, -0.1) is 0 Å². The SMILES string of the molecule is CC(C)CC(CCO)CNC(=O)c1ccccc1F. The van der Waals surface area contributed by atoms with Crippen molar-refractivity contribution in [3.63, 3.8) is 0 Å². The van der Waals surface area contributed by atoms with E-state index in [1.54, 1.807) is 12.1 Å². The first-order chi connectivity index (χ1) is 9.04. The highest BCUT2D eigenvalue weighted by atomic mass is 19.1. The molecule has 0 bridgehead atoms. The van der Waals surface area contributed by atoms with E-state index in [-0.39, 0.29) is 18.1 Å². The molecule has 0 saturated carbocycles. The van der Waals surface area contributed by atoms with Gasteiger partial charge in [-0.05, 0) is 36.8 Å². The molecule has 0 aromatic heterocycles. The Morgan fingerprint density at radius 2 is 2.05 bits per heavy atom. The summed E-state index contributed by atoms with van der Waals surface area (Å²) in [6, 6.07) is 5.93. The molecule has 2 N–H and O–H groups in total. The van der Waals surface area contributed by atoms with E-state index in [1.807, 2.05) is 0 Å². The molecule has 3 nitrogen and oxygen atoms in total. The lowest BCUT2D eigenvalue weighted by molar-refractivity contribution is 0.0937. The third kappa shape index (κ3) is 5.39. The normalized spacial score (nSPS) is 12.5. The van der Waals surface area contributed by atoms with Crippen LogP contribution in [-0.2, 0) is 0 Å². The maximum atomic E-state index is 13.4. The van der Waals surface area contributed by atoms with Crippen LogP contribution in [0.15, 0.2) is 24.3 Å². The van der Waals surface area contributed by atoms with Gasteiger partial charge in [-0.3, -0.25) is 4.79 Å². The molecule has 0 aliphatic heterocycles. The fourth-order valence-corrected chi connectivity index (χ4v) is 2.13. The Morgan fingerprint density at radius 3 is 2.63 bits per heavy atom. The number of carbonyl (C=O) groups excluding carboxylic acids is 1. The van der Waals surface area contributed by atoms with Crippen LogP contribution in [0, 0.1) is 17.7 Å². The quantitative estimate of drug-likeness (QED) is 0.797. The van der Waals surface area contributed by atoms with Gasteiger partial charge in [-0.2, -0.15) is 0 Å². The number of hydrogen-bond donors (Lipinski definition) is 2. The number of benzene rings is 1. The summed E-state index contributed by atoms with van der Waals surface area (Å²) in [4.78, 5) is 11.8. The van der Waals surface area contributed by atoms with Gasteiger partial charge < -0.3 is 10.4 Å². The topological polar surface area (TPSA) is 49.3 Å². The van der Waals surface area contributed by atoms with Gasteiger partial charge in [0, 0.05) is 13.2 Å². The standard InChI is InChI=1S/C15H22FNO2/c1-11(2)9-12(7-8-18)10-17-15(19)13-5-3-4-6-14(13)16/h3-6,11-12,18H,7-10H2,1-2H3,(H,17,19). The van der Waals surface area contributed by atoms with Crippen LogP contribution < -0.4 is 5.32 Å². The molecule has 1 amide bonds. The van der Waals surface area contributed by atoms with Crippen LogP contribution >= 0.6 is 0 Å². The van der Waals surface area contributed by atoms with E-state index in [0.717, 1.165) is 6.42 Å². The molecule has 0 heterocycles. The summed E-state index contributed by atoms with van der Waals surface area (Å²) in [7, 11) is 0. The molecule has 0 aliphatic carbocycles. The van der Waals surface area contributed by atoms with Gasteiger partial charge in [-0.1, -0.05) is 26.0 Å². The first-order valence-corrected chi connectivity index (χ1v) is 6.68. The van der Waals surface area contributed by atoms with Crippen molar-refractivity contribution in [2.24, 2.45) is 11.8 Å². The fraction of sp³-hybridized carbons (Fsp3) is 0.533. The number of amides is 1. The number of halogens is 1. The third-order valence-corrected chi connectivity index (χ3v) is 3.01. The summed E-state index contributed by atoms with van der Waals surface area (Å²) in [6.45, 7) is 4.77. The molecule has 1 rings (SSSR count). The Hall–Kier alpha value is -1.42. The zero-order chi connectivity index (χ0) is 14.3. The van der Waals surface area contributed by atoms with E-state index < -0.39 is 11.7 Å². The highest BCUT2D eigenvalue weighted by Crippen LogP contribution is 2.14. The smallest absolute Gasteiger partial charge is 0.254 e. The summed E-state index contributed by atoms with van der Waals surface area (Å²) in [6.07, 6.45) is 1.58. The lowest BCUT2D eigenvalue weighted by Gasteiger charge is -2.18. The van der Waals surface area contributed by atoms with Crippen LogP contribution in [0.25, 0.3) is 0 Å². The second-order valence-corrected chi connectivity index (χ2v) is 5.20. The molecule has 0 radical (unpaired) electrons. The van der Waals surface area contributed by atoms with Gasteiger partial charge in [0.15, 0.2) is 0 Å². The maximum Gasteiger partial charge on any atom is 0.254 e. The number of aliphatic hydroxyl groups is 1. The summed E-state index contributed by atoms with van der Waals surface area (Å²) >= 11 is 0. The molecule has 4 heteroatoms. The minimum Gasteiger partial charge on any atom is -0.396 e. The Balaban J connectivity index is 2.54. The van der Waals surface area contributed by atoms with Gasteiger partial charge in [0.05, 0.1) is 5.56 Å². The molecule has 0 aliphatic rings. The van der Waals surface area contributed by atoms with Gasteiger partial charge in [0.2, 0.25) is 0 Å². The van der Waals surface area contributed by atoms with E-state index in [4.69, 9.17) is 5.11 Å². The largest absolute Gasteiger partial charge is 0.396 e. The van der Waals surface area contributed by atoms with Crippen molar-refractivity contribution >= 4 is 5.91 Å². The van der Waals surface area contributed by atoms with E-state index in [9.17, 15) is 9.18 Å². The Labute approximate surface area is 113 Å². The zero-order valence-electron chi connectivity index (χ0n) is 11.5. The molecular weight excluding hydrogens is 245 g/mol. The van der Waals surface area contributed by atoms with Gasteiger partial charge in [-0.25, -0.2) is 4.39 Å². The highest BCUT2D eigenvalue weighted by molar-refractivity contribution is 5.94. The zero-order valence-corrected chi connectivity index (χ0v) is 11.5. The van der Waals surface area contributed by atoms with Crippen molar-refractivity contribution in [1.82, 2.24) is 5.32 Å². The van der Waals surface area contributed by atoms with Gasteiger partial charge >= 0.3 is 0 Å². The molecule has 0 fully saturated rings. The lowest BCUT2D eigenvalue weighted by Crippen LogP contribution is -2.31. The van der Waals surface area contributed by atoms with Crippen LogP contribution in [-0.4, -0.2) is 24.2 Å². The van der Waals surface area contributed by atoms with E-state index in [2.05, 4.69) is 19.2 Å². The Bertz CT molecular complexity index is 407. The number of nitrogens with one attached hydrogen (secondary N) is 1. The minimum absolute atomic E-state index is 0.0646. The average Bonchev–Trinajstić information content (AvgIpc) is 2.36. The monoisotopic (exact) mass is 267 g/mol. The molecular formula is C15H22FNO2. The average molecular weight is 267 g/mol. The number of hydrogen-bond acceptors (Lipinski definition) is 2. The predicted molar refractivity (Wildman–Crippen MR) is 73.4 cm³/mol. The van der Waals surface area contributed by atoms with Gasteiger partial charge in [0.1, 0.15) is 5.82 Å². The first kappa shape index (κ1) is 15.6. The molecule has 0 spiro atoms. The van der Waals surface area contributed by atoms with E-state index in [0.29, 0.717) is 18.9 Å². The summed E-state index contributed by atoms with van der Waals surface area (Å²) in [5.41, 5.74) is 0.0646. The summed E-state index contributed by atoms with van der Waals surface area (Å²) < 4.78 is 13.4. The number of aliphatic hydroxyl groups excluding tert-OH is 1. The molecule has 1 aromatic carbocycles. The molecule has 1 unspecified atom stereocenters. The van der Waals surface area contributed by atoms with Crippen molar-refractivity contribution in [1.29, 1.82) is 0 Å². The molecule has 1 aromatic rings. The Morgan fingerprint density at radius 1 is 1.37 bits per heavy atom. The van der Waals surface area contributed by atoms with Crippen molar-refractivity contribution in [3.8, 4) is 0 Å². The fourth-order valence-electron chi connectivity index (χ4n) is 2.13. The molecule has 1 atom stereocenters. The van der Waals surface area contributed by atoms with Crippen LogP contribution in [0.3, 0.4) is 0 Å². The summed E-state index contributed by atoms with van der Waals surface area (Å²) in [5, 5.41) is 11.7. The second-order valence-electron chi connectivity index (χ2n) is 5.20. The van der Waals surface area contributed by atoms with Crippen LogP contribution in [0.2, 0.25) is 0 Å². The van der Waals surface area contributed by atoms with Crippen LogP contribution in [0.5, 0.6) is 0 Å². The van der Waals surface area contributed by atoms with Crippen LogP contribution in [0.4, 0.5) is 4.39 Å². The predicted octanol–water partition coefficient (Wildman–Crippen LogP) is 2.60. The van der Waals surface area contributed by atoms with Crippen LogP contribution in [0.1, 0.15) is 37.0 Å². The first-order valence-electron chi connectivity index (χ1n) is 6.68. The molecule has 19 heavy (non-hydrogen) atoms.